The Labute approximate surface area is 180 Å². The number of oxazole rings is 1. The lowest BCUT2D eigenvalue weighted by molar-refractivity contribution is 0.0634. The molecule has 2 aliphatic heterocycles. The number of ether oxygens (including phenoxy) is 5. The molecule has 1 unspecified atom stereocenters. The third kappa shape index (κ3) is 3.86. The molecule has 2 aromatic carbocycles. The van der Waals surface area contributed by atoms with Crippen LogP contribution < -0.4 is 23.7 Å². The summed E-state index contributed by atoms with van der Waals surface area (Å²) in [4.78, 5) is 6.87. The number of hydrogen-bond donors (Lipinski definition) is 0. The van der Waals surface area contributed by atoms with E-state index in [1.807, 2.05) is 50.4 Å². The minimum atomic E-state index is -0.0512. The number of rotatable bonds is 6. The first kappa shape index (κ1) is 19.6. The van der Waals surface area contributed by atoms with E-state index in [4.69, 9.17) is 33.1 Å². The van der Waals surface area contributed by atoms with E-state index in [1.54, 1.807) is 7.11 Å². The van der Waals surface area contributed by atoms with Crippen LogP contribution in [0.3, 0.4) is 0 Å². The molecule has 0 spiro atoms. The Hall–Kier alpha value is -3.39. The third-order valence-electron chi connectivity index (χ3n) is 5.30. The second-order valence-corrected chi connectivity index (χ2v) is 7.63. The van der Waals surface area contributed by atoms with Gasteiger partial charge in [0.05, 0.1) is 12.8 Å². The third-order valence-corrected chi connectivity index (χ3v) is 5.30. The zero-order chi connectivity index (χ0) is 21.4. The number of methoxy groups -OCH3 is 1. The maximum Gasteiger partial charge on any atom is 0.231 e. The van der Waals surface area contributed by atoms with Gasteiger partial charge in [-0.05, 0) is 38.2 Å². The van der Waals surface area contributed by atoms with E-state index in [2.05, 4.69) is 4.90 Å². The maximum absolute atomic E-state index is 6.06. The van der Waals surface area contributed by atoms with E-state index in [9.17, 15) is 0 Å². The Bertz CT molecular complexity index is 1100. The fraction of sp³-hybridized carbons (Fsp3) is 0.348. The van der Waals surface area contributed by atoms with Crippen LogP contribution in [0.1, 0.15) is 11.5 Å². The number of aromatic nitrogens is 1. The van der Waals surface area contributed by atoms with Gasteiger partial charge in [-0.3, -0.25) is 4.90 Å². The predicted molar refractivity (Wildman–Crippen MR) is 112 cm³/mol. The Morgan fingerprint density at radius 2 is 1.94 bits per heavy atom. The normalized spacial score (nSPS) is 16.6. The Morgan fingerprint density at radius 3 is 2.77 bits per heavy atom. The van der Waals surface area contributed by atoms with Crippen LogP contribution in [0.5, 0.6) is 28.7 Å². The standard InChI is InChI=1S/C23H24N2O6/c1-14-17(11-25(2)10-16-12-27-18-6-4-5-7-19(18)31-16)24-23(30-14)15-8-20(26-3)22-21(9-15)28-13-29-22/h4-9,16H,10-13H2,1-3H3. The van der Waals surface area contributed by atoms with Crippen molar-refractivity contribution in [3.8, 4) is 40.2 Å². The lowest BCUT2D eigenvalue weighted by atomic mass is 10.2. The number of benzene rings is 2. The van der Waals surface area contributed by atoms with Crippen LogP contribution >= 0.6 is 0 Å². The zero-order valence-corrected chi connectivity index (χ0v) is 17.7. The van der Waals surface area contributed by atoms with Crippen LogP contribution in [-0.2, 0) is 6.54 Å². The summed E-state index contributed by atoms with van der Waals surface area (Å²) in [6.07, 6.45) is -0.0512. The van der Waals surface area contributed by atoms with Gasteiger partial charge in [0.25, 0.3) is 0 Å². The lowest BCUT2D eigenvalue weighted by Crippen LogP contribution is -2.39. The van der Waals surface area contributed by atoms with Gasteiger partial charge in [-0.2, -0.15) is 0 Å². The highest BCUT2D eigenvalue weighted by molar-refractivity contribution is 5.66. The summed E-state index contributed by atoms with van der Waals surface area (Å²) >= 11 is 0. The first-order valence-electron chi connectivity index (χ1n) is 10.1. The molecule has 0 N–H and O–H groups in total. The Balaban J connectivity index is 1.28. The van der Waals surface area contributed by atoms with E-state index in [0.717, 1.165) is 28.5 Å². The van der Waals surface area contributed by atoms with Gasteiger partial charge < -0.3 is 28.1 Å². The Morgan fingerprint density at radius 1 is 1.10 bits per heavy atom. The van der Waals surface area contributed by atoms with Crippen molar-refractivity contribution in [2.24, 2.45) is 0 Å². The molecule has 3 aromatic rings. The second kappa shape index (κ2) is 8.03. The number of nitrogens with zero attached hydrogens (tertiary/aromatic N) is 2. The summed E-state index contributed by atoms with van der Waals surface area (Å²) in [6.45, 7) is 3.93. The van der Waals surface area contributed by atoms with Gasteiger partial charge in [0, 0.05) is 18.7 Å². The molecule has 3 heterocycles. The summed E-state index contributed by atoms with van der Waals surface area (Å²) in [5.41, 5.74) is 1.64. The van der Waals surface area contributed by atoms with E-state index >= 15 is 0 Å². The molecule has 31 heavy (non-hydrogen) atoms. The second-order valence-electron chi connectivity index (χ2n) is 7.63. The average molecular weight is 424 g/mol. The van der Waals surface area contributed by atoms with Crippen molar-refractivity contribution in [2.75, 3.05) is 34.1 Å². The summed E-state index contributed by atoms with van der Waals surface area (Å²) in [6, 6.07) is 11.4. The average Bonchev–Trinajstić information content (AvgIpc) is 3.39. The first-order valence-corrected chi connectivity index (χ1v) is 10.1. The molecule has 0 aliphatic carbocycles. The van der Waals surface area contributed by atoms with Crippen LogP contribution in [0.25, 0.3) is 11.5 Å². The zero-order valence-electron chi connectivity index (χ0n) is 17.7. The smallest absolute Gasteiger partial charge is 0.231 e. The van der Waals surface area contributed by atoms with Gasteiger partial charge in [-0.1, -0.05) is 12.1 Å². The van der Waals surface area contributed by atoms with Crippen molar-refractivity contribution in [3.05, 3.63) is 47.9 Å². The van der Waals surface area contributed by atoms with Crippen LogP contribution in [0.4, 0.5) is 0 Å². The molecule has 5 rings (SSSR count). The molecule has 2 aliphatic rings. The van der Waals surface area contributed by atoms with Crippen molar-refractivity contribution in [2.45, 2.75) is 19.6 Å². The molecule has 0 amide bonds. The van der Waals surface area contributed by atoms with Gasteiger partial charge in [0.2, 0.25) is 18.4 Å². The molecule has 0 radical (unpaired) electrons. The molecule has 8 heteroatoms. The van der Waals surface area contributed by atoms with E-state index < -0.39 is 0 Å². The molecule has 162 valence electrons. The van der Waals surface area contributed by atoms with E-state index in [1.165, 1.54) is 0 Å². The SMILES string of the molecule is COc1cc(-c2nc(CN(C)CC3COc4ccccc4O3)c(C)o2)cc2c1OCO2. The van der Waals surface area contributed by atoms with E-state index in [0.29, 0.717) is 42.8 Å². The summed E-state index contributed by atoms with van der Waals surface area (Å²) < 4.78 is 34.2. The van der Waals surface area contributed by atoms with E-state index in [-0.39, 0.29) is 12.9 Å². The summed E-state index contributed by atoms with van der Waals surface area (Å²) in [7, 11) is 3.62. The van der Waals surface area contributed by atoms with Crippen molar-refractivity contribution in [3.63, 3.8) is 0 Å². The lowest BCUT2D eigenvalue weighted by Gasteiger charge is -2.29. The highest BCUT2D eigenvalue weighted by atomic mass is 16.7. The van der Waals surface area contributed by atoms with Gasteiger partial charge in [0.15, 0.2) is 23.0 Å². The quantitative estimate of drug-likeness (QED) is 0.594. The predicted octanol–water partition coefficient (Wildman–Crippen LogP) is 3.66. The maximum atomic E-state index is 6.06. The highest BCUT2D eigenvalue weighted by Crippen LogP contribution is 2.44. The van der Waals surface area contributed by atoms with Crippen LogP contribution in [0, 0.1) is 6.92 Å². The topological polar surface area (TPSA) is 75.4 Å². The van der Waals surface area contributed by atoms with Crippen molar-refractivity contribution < 1.29 is 28.1 Å². The van der Waals surface area contributed by atoms with Crippen molar-refractivity contribution in [1.82, 2.24) is 9.88 Å². The molecular formula is C23H24N2O6. The molecule has 0 saturated heterocycles. The molecule has 0 bridgehead atoms. The number of likely N-dealkylation sites (N-methyl/N-ethyl adjacent to an activating group) is 1. The van der Waals surface area contributed by atoms with Crippen LogP contribution in [0.15, 0.2) is 40.8 Å². The molecular weight excluding hydrogens is 400 g/mol. The van der Waals surface area contributed by atoms with Crippen LogP contribution in [0.2, 0.25) is 0 Å². The largest absolute Gasteiger partial charge is 0.493 e. The molecule has 1 atom stereocenters. The summed E-state index contributed by atoms with van der Waals surface area (Å²) in [5.74, 6) is 4.67. The van der Waals surface area contributed by atoms with Crippen molar-refractivity contribution in [1.29, 1.82) is 0 Å². The Kier molecular flexibility index (Phi) is 5.07. The van der Waals surface area contributed by atoms with Gasteiger partial charge in [-0.15, -0.1) is 0 Å². The molecule has 1 aromatic heterocycles. The van der Waals surface area contributed by atoms with Gasteiger partial charge in [-0.25, -0.2) is 4.98 Å². The minimum absolute atomic E-state index is 0.0512. The number of para-hydroxylation sites is 2. The van der Waals surface area contributed by atoms with Crippen LogP contribution in [-0.4, -0.2) is 50.1 Å². The van der Waals surface area contributed by atoms with Crippen molar-refractivity contribution >= 4 is 0 Å². The molecule has 8 nitrogen and oxygen atoms in total. The fourth-order valence-electron chi connectivity index (χ4n) is 3.77. The number of aryl methyl sites for hydroxylation is 1. The first-order chi connectivity index (χ1) is 15.1. The fourth-order valence-corrected chi connectivity index (χ4v) is 3.77. The summed E-state index contributed by atoms with van der Waals surface area (Å²) in [5, 5.41) is 0. The molecule has 0 saturated carbocycles. The van der Waals surface area contributed by atoms with Gasteiger partial charge in [0.1, 0.15) is 18.5 Å². The highest BCUT2D eigenvalue weighted by Gasteiger charge is 2.25. The minimum Gasteiger partial charge on any atom is -0.493 e. The monoisotopic (exact) mass is 424 g/mol. The van der Waals surface area contributed by atoms with Gasteiger partial charge >= 0.3 is 0 Å². The number of hydrogen-bond acceptors (Lipinski definition) is 8. The molecule has 0 fully saturated rings. The number of fused-ring (bicyclic) bond motifs is 2.